The van der Waals surface area contributed by atoms with Crippen molar-refractivity contribution in [2.75, 3.05) is 13.1 Å². The highest BCUT2D eigenvalue weighted by molar-refractivity contribution is 6.30. The molecule has 1 fully saturated rings. The number of hydrogen-bond donors (Lipinski definition) is 1. The summed E-state index contributed by atoms with van der Waals surface area (Å²) in [4.78, 5) is 26.0. The average Bonchev–Trinajstić information content (AvgIpc) is 3.33. The summed E-state index contributed by atoms with van der Waals surface area (Å²) in [6.07, 6.45) is 2.22. The number of ether oxygens (including phenoxy) is 1. The fourth-order valence-electron chi connectivity index (χ4n) is 4.30. The molecule has 1 N–H and O–H groups in total. The normalized spacial score (nSPS) is 20.3. The van der Waals surface area contributed by atoms with Gasteiger partial charge < -0.3 is 15.0 Å². The predicted molar refractivity (Wildman–Crippen MR) is 113 cm³/mol. The van der Waals surface area contributed by atoms with Gasteiger partial charge in [-0.25, -0.2) is 0 Å². The summed E-state index contributed by atoms with van der Waals surface area (Å²) in [6.45, 7) is 4.67. The zero-order chi connectivity index (χ0) is 20.5. The van der Waals surface area contributed by atoms with Crippen LogP contribution in [0.5, 0.6) is 5.75 Å². The van der Waals surface area contributed by atoms with Crippen LogP contribution in [0.25, 0.3) is 11.1 Å². The van der Waals surface area contributed by atoms with Crippen LogP contribution in [0.4, 0.5) is 0 Å². The molecule has 4 rings (SSSR count). The summed E-state index contributed by atoms with van der Waals surface area (Å²) in [5.41, 5.74) is 4.43. The molecular formula is C23H25ClN2O3. The van der Waals surface area contributed by atoms with Crippen LogP contribution in [0, 0.1) is 6.92 Å². The molecule has 2 aromatic rings. The van der Waals surface area contributed by atoms with E-state index in [9.17, 15) is 9.59 Å². The van der Waals surface area contributed by atoms with Crippen LogP contribution in [0.3, 0.4) is 0 Å². The second-order valence-electron chi connectivity index (χ2n) is 7.87. The van der Waals surface area contributed by atoms with Crippen LogP contribution in [-0.2, 0) is 16.0 Å². The summed E-state index contributed by atoms with van der Waals surface area (Å²) in [5.74, 6) is 0.741. The number of carbonyl (C=O) groups excluding carboxylic acids is 2. The Labute approximate surface area is 176 Å². The van der Waals surface area contributed by atoms with Crippen molar-refractivity contribution < 1.29 is 14.3 Å². The van der Waals surface area contributed by atoms with Crippen molar-refractivity contribution in [2.45, 2.75) is 45.3 Å². The topological polar surface area (TPSA) is 58.6 Å². The molecular weight excluding hydrogens is 388 g/mol. The van der Waals surface area contributed by atoms with Gasteiger partial charge in [-0.3, -0.25) is 9.59 Å². The van der Waals surface area contributed by atoms with Crippen LogP contribution in [0.15, 0.2) is 36.4 Å². The van der Waals surface area contributed by atoms with Crippen LogP contribution in [0.2, 0.25) is 5.02 Å². The van der Waals surface area contributed by atoms with E-state index in [4.69, 9.17) is 16.3 Å². The van der Waals surface area contributed by atoms with Gasteiger partial charge in [0.25, 0.3) is 0 Å². The van der Waals surface area contributed by atoms with Gasteiger partial charge in [-0.1, -0.05) is 29.8 Å². The molecule has 2 amide bonds. The molecule has 2 atom stereocenters. The van der Waals surface area contributed by atoms with Crippen molar-refractivity contribution in [3.63, 3.8) is 0 Å². The number of nitrogens with one attached hydrogen (secondary N) is 1. The number of nitrogens with zero attached hydrogens (tertiary/aromatic N) is 1. The fourth-order valence-corrected chi connectivity index (χ4v) is 4.42. The molecule has 2 aromatic carbocycles. The Hall–Kier alpha value is -2.53. The molecule has 0 saturated carbocycles. The number of amides is 2. The van der Waals surface area contributed by atoms with Gasteiger partial charge in [-0.2, -0.15) is 0 Å². The van der Waals surface area contributed by atoms with E-state index in [2.05, 4.69) is 24.4 Å². The Morgan fingerprint density at radius 3 is 2.72 bits per heavy atom. The van der Waals surface area contributed by atoms with E-state index in [-0.39, 0.29) is 24.0 Å². The number of halogens is 1. The lowest BCUT2D eigenvalue weighted by Gasteiger charge is -2.23. The molecule has 0 bridgehead atoms. The lowest BCUT2D eigenvalue weighted by atomic mass is 9.98. The molecule has 0 radical (unpaired) electrons. The fraction of sp³-hybridized carbons (Fsp3) is 0.391. The first-order valence-corrected chi connectivity index (χ1v) is 10.4. The zero-order valence-electron chi connectivity index (χ0n) is 16.7. The highest BCUT2D eigenvalue weighted by Crippen LogP contribution is 2.40. The molecule has 0 aliphatic carbocycles. The quantitative estimate of drug-likeness (QED) is 0.832. The maximum Gasteiger partial charge on any atom is 0.242 e. The molecule has 29 heavy (non-hydrogen) atoms. The molecule has 0 aromatic heterocycles. The highest BCUT2D eigenvalue weighted by atomic mass is 35.5. The van der Waals surface area contributed by atoms with Gasteiger partial charge in [0.1, 0.15) is 17.9 Å². The van der Waals surface area contributed by atoms with Gasteiger partial charge in [0.15, 0.2) is 0 Å². The van der Waals surface area contributed by atoms with Crippen molar-refractivity contribution >= 4 is 23.4 Å². The molecule has 1 unspecified atom stereocenters. The Kier molecular flexibility index (Phi) is 5.50. The van der Waals surface area contributed by atoms with E-state index in [1.807, 2.05) is 24.3 Å². The van der Waals surface area contributed by atoms with Gasteiger partial charge in [0.05, 0.1) is 6.54 Å². The van der Waals surface area contributed by atoms with Gasteiger partial charge in [0.2, 0.25) is 11.8 Å². The minimum atomic E-state index is -0.358. The molecule has 1 saturated heterocycles. The summed E-state index contributed by atoms with van der Waals surface area (Å²) in [5, 5.41) is 3.69. The van der Waals surface area contributed by atoms with Crippen molar-refractivity contribution in [1.29, 1.82) is 0 Å². The lowest BCUT2D eigenvalue weighted by molar-refractivity contribution is -0.137. The van der Waals surface area contributed by atoms with Gasteiger partial charge in [0, 0.05) is 30.5 Å². The van der Waals surface area contributed by atoms with Crippen molar-refractivity contribution in [3.8, 4) is 16.9 Å². The molecule has 2 aliphatic rings. The Morgan fingerprint density at radius 1 is 1.24 bits per heavy atom. The number of likely N-dealkylation sites (tertiary alicyclic amines) is 1. The number of aryl methyl sites for hydroxylation is 1. The molecule has 5 nitrogen and oxygen atoms in total. The van der Waals surface area contributed by atoms with Crippen LogP contribution in [-0.4, -0.2) is 41.9 Å². The van der Waals surface area contributed by atoms with E-state index >= 15 is 0 Å². The number of hydrogen-bond acceptors (Lipinski definition) is 3. The van der Waals surface area contributed by atoms with E-state index in [1.54, 1.807) is 4.90 Å². The van der Waals surface area contributed by atoms with Crippen LogP contribution >= 0.6 is 11.6 Å². The third kappa shape index (κ3) is 4.10. The first-order chi connectivity index (χ1) is 13.9. The van der Waals surface area contributed by atoms with E-state index in [0.717, 1.165) is 41.7 Å². The van der Waals surface area contributed by atoms with Crippen molar-refractivity contribution in [3.05, 3.63) is 52.5 Å². The molecule has 2 heterocycles. The number of carbonyl (C=O) groups is 2. The van der Waals surface area contributed by atoms with Crippen molar-refractivity contribution in [1.82, 2.24) is 10.2 Å². The second-order valence-corrected chi connectivity index (χ2v) is 8.30. The SMILES string of the molecule is CC(=O)N1CCC[C@H]1C(=O)NCC1Cc2cc(C)cc(-c3ccc(Cl)cc3)c2O1. The summed E-state index contributed by atoms with van der Waals surface area (Å²) in [7, 11) is 0. The third-order valence-electron chi connectivity index (χ3n) is 5.66. The van der Waals surface area contributed by atoms with Gasteiger partial charge in [-0.05, 0) is 54.7 Å². The standard InChI is InChI=1S/C23H25ClN2O3/c1-14-10-17-12-19(13-25-23(28)21-4-3-9-26(21)15(2)27)29-22(17)20(11-14)16-5-7-18(24)8-6-16/h5-8,10-11,19,21H,3-4,9,12-13H2,1-2H3,(H,25,28)/t19?,21-/m0/s1. The minimum absolute atomic E-state index is 0.0461. The molecule has 0 spiro atoms. The van der Waals surface area contributed by atoms with Crippen LogP contribution < -0.4 is 10.1 Å². The Bertz CT molecular complexity index is 942. The van der Waals surface area contributed by atoms with E-state index in [0.29, 0.717) is 18.1 Å². The number of fused-ring (bicyclic) bond motifs is 1. The van der Waals surface area contributed by atoms with Gasteiger partial charge in [-0.15, -0.1) is 0 Å². The molecule has 6 heteroatoms. The summed E-state index contributed by atoms with van der Waals surface area (Å²) >= 11 is 6.03. The predicted octanol–water partition coefficient (Wildman–Crippen LogP) is 3.75. The largest absolute Gasteiger partial charge is 0.487 e. The van der Waals surface area contributed by atoms with Gasteiger partial charge >= 0.3 is 0 Å². The monoisotopic (exact) mass is 412 g/mol. The Balaban J connectivity index is 1.45. The molecule has 152 valence electrons. The highest BCUT2D eigenvalue weighted by Gasteiger charge is 2.33. The first-order valence-electron chi connectivity index (χ1n) is 10.0. The second kappa shape index (κ2) is 8.07. The number of rotatable bonds is 4. The lowest BCUT2D eigenvalue weighted by Crippen LogP contribution is -2.47. The zero-order valence-corrected chi connectivity index (χ0v) is 17.5. The van der Waals surface area contributed by atoms with E-state index in [1.165, 1.54) is 12.5 Å². The number of benzene rings is 2. The molecule has 2 aliphatic heterocycles. The summed E-state index contributed by atoms with van der Waals surface area (Å²) < 4.78 is 6.24. The summed E-state index contributed by atoms with van der Waals surface area (Å²) in [6, 6.07) is 11.6. The minimum Gasteiger partial charge on any atom is -0.487 e. The Morgan fingerprint density at radius 2 is 2.00 bits per heavy atom. The smallest absolute Gasteiger partial charge is 0.242 e. The van der Waals surface area contributed by atoms with E-state index < -0.39 is 0 Å². The van der Waals surface area contributed by atoms with Crippen molar-refractivity contribution in [2.24, 2.45) is 0 Å². The first kappa shape index (κ1) is 19.8. The maximum atomic E-state index is 12.6. The maximum absolute atomic E-state index is 12.6. The third-order valence-corrected chi connectivity index (χ3v) is 5.91. The van der Waals surface area contributed by atoms with Crippen LogP contribution in [0.1, 0.15) is 30.9 Å². The average molecular weight is 413 g/mol.